The van der Waals surface area contributed by atoms with Gasteiger partial charge in [0.2, 0.25) is 0 Å². The largest absolute Gasteiger partial charge is 0.508 e. The SMILES string of the molecule is C1CCOC1.Nc1ccc2nnc(Cc3ccc(O)cc3)n2n1. The summed E-state index contributed by atoms with van der Waals surface area (Å²) in [4.78, 5) is 0. The number of aromatic hydroxyl groups is 1. The number of ether oxygens (including phenoxy) is 1. The maximum Gasteiger partial charge on any atom is 0.178 e. The van der Waals surface area contributed by atoms with Crippen LogP contribution in [-0.2, 0) is 11.2 Å². The number of benzene rings is 1. The lowest BCUT2D eigenvalue weighted by molar-refractivity contribution is 0.198. The molecule has 2 aromatic heterocycles. The molecule has 4 rings (SSSR count). The summed E-state index contributed by atoms with van der Waals surface area (Å²) in [5, 5.41) is 21.5. The van der Waals surface area contributed by atoms with E-state index in [0.29, 0.717) is 23.7 Å². The third-order valence-electron chi connectivity index (χ3n) is 3.47. The van der Waals surface area contributed by atoms with Crippen LogP contribution >= 0.6 is 0 Å². The van der Waals surface area contributed by atoms with Gasteiger partial charge in [0.1, 0.15) is 11.6 Å². The molecule has 1 aliphatic heterocycles. The molecule has 23 heavy (non-hydrogen) atoms. The standard InChI is InChI=1S/C12H11N5O.C4H8O/c13-10-5-6-11-14-15-12(17(11)16-10)7-8-1-3-9(18)4-2-8;1-2-4-5-3-1/h1-6,18H,7H2,(H2,13,16);1-4H2. The van der Waals surface area contributed by atoms with Gasteiger partial charge < -0.3 is 15.6 Å². The summed E-state index contributed by atoms with van der Waals surface area (Å²) in [7, 11) is 0. The molecule has 1 aliphatic rings. The molecule has 7 nitrogen and oxygen atoms in total. The van der Waals surface area contributed by atoms with E-state index in [2.05, 4.69) is 15.3 Å². The van der Waals surface area contributed by atoms with E-state index in [4.69, 9.17) is 10.5 Å². The van der Waals surface area contributed by atoms with Crippen molar-refractivity contribution >= 4 is 11.5 Å². The highest BCUT2D eigenvalue weighted by atomic mass is 16.5. The number of nitrogens with two attached hydrogens (primary N) is 1. The number of hydrogen-bond donors (Lipinski definition) is 2. The number of phenols is 1. The van der Waals surface area contributed by atoms with Gasteiger partial charge >= 0.3 is 0 Å². The van der Waals surface area contributed by atoms with Crippen LogP contribution in [0.5, 0.6) is 5.75 Å². The second kappa shape index (κ2) is 7.06. The van der Waals surface area contributed by atoms with Gasteiger partial charge in [0, 0.05) is 19.6 Å². The first kappa shape index (κ1) is 15.2. The summed E-state index contributed by atoms with van der Waals surface area (Å²) >= 11 is 0. The predicted molar refractivity (Wildman–Crippen MR) is 86.2 cm³/mol. The molecule has 0 saturated carbocycles. The van der Waals surface area contributed by atoms with E-state index in [1.807, 2.05) is 12.1 Å². The van der Waals surface area contributed by atoms with Crippen LogP contribution in [0.1, 0.15) is 24.2 Å². The summed E-state index contributed by atoms with van der Waals surface area (Å²) in [5.41, 5.74) is 7.33. The summed E-state index contributed by atoms with van der Waals surface area (Å²) < 4.78 is 6.57. The third kappa shape index (κ3) is 3.95. The van der Waals surface area contributed by atoms with Gasteiger partial charge in [0.05, 0.1) is 0 Å². The fraction of sp³-hybridized carbons (Fsp3) is 0.312. The molecule has 0 aliphatic carbocycles. The van der Waals surface area contributed by atoms with Crippen LogP contribution in [0, 0.1) is 0 Å². The first-order valence-corrected chi connectivity index (χ1v) is 7.55. The number of anilines is 1. The fourth-order valence-electron chi connectivity index (χ4n) is 2.26. The molecule has 3 heterocycles. The van der Waals surface area contributed by atoms with Gasteiger partial charge in [-0.3, -0.25) is 0 Å². The maximum atomic E-state index is 9.23. The number of nitrogens with zero attached hydrogens (tertiary/aromatic N) is 4. The van der Waals surface area contributed by atoms with Gasteiger partial charge in [-0.1, -0.05) is 12.1 Å². The van der Waals surface area contributed by atoms with Crippen LogP contribution in [0.4, 0.5) is 5.82 Å². The molecule has 0 radical (unpaired) electrons. The number of nitrogen functional groups attached to an aromatic ring is 1. The molecule has 0 atom stereocenters. The van der Waals surface area contributed by atoms with Gasteiger partial charge in [0.25, 0.3) is 0 Å². The highest BCUT2D eigenvalue weighted by Crippen LogP contribution is 2.13. The molecule has 1 saturated heterocycles. The molecular formula is C16H19N5O2. The monoisotopic (exact) mass is 313 g/mol. The zero-order valence-electron chi connectivity index (χ0n) is 12.7. The van der Waals surface area contributed by atoms with Crippen molar-refractivity contribution < 1.29 is 9.84 Å². The topological polar surface area (TPSA) is 98.6 Å². The molecule has 3 N–H and O–H groups in total. The number of rotatable bonds is 2. The lowest BCUT2D eigenvalue weighted by atomic mass is 10.1. The van der Waals surface area contributed by atoms with E-state index in [1.165, 1.54) is 12.8 Å². The quantitative estimate of drug-likeness (QED) is 0.748. The van der Waals surface area contributed by atoms with Crippen molar-refractivity contribution in [3.8, 4) is 5.75 Å². The van der Waals surface area contributed by atoms with E-state index in [0.717, 1.165) is 18.8 Å². The fourth-order valence-corrected chi connectivity index (χ4v) is 2.26. The molecule has 0 spiro atoms. The normalized spacial score (nSPS) is 13.7. The van der Waals surface area contributed by atoms with Gasteiger partial charge in [-0.2, -0.15) is 4.52 Å². The molecule has 0 amide bonds. The lowest BCUT2D eigenvalue weighted by Gasteiger charge is -2.00. The summed E-state index contributed by atoms with van der Waals surface area (Å²) in [6.07, 6.45) is 3.14. The first-order chi connectivity index (χ1) is 11.2. The van der Waals surface area contributed by atoms with Crippen molar-refractivity contribution in [2.24, 2.45) is 0 Å². The van der Waals surface area contributed by atoms with E-state index in [-0.39, 0.29) is 5.75 Å². The molecular weight excluding hydrogens is 294 g/mol. The van der Waals surface area contributed by atoms with Crippen molar-refractivity contribution in [3.63, 3.8) is 0 Å². The summed E-state index contributed by atoms with van der Waals surface area (Å²) in [6, 6.07) is 10.4. The van der Waals surface area contributed by atoms with Crippen LogP contribution in [0.15, 0.2) is 36.4 Å². The molecule has 120 valence electrons. The highest BCUT2D eigenvalue weighted by molar-refractivity contribution is 5.42. The minimum Gasteiger partial charge on any atom is -0.508 e. The van der Waals surface area contributed by atoms with Gasteiger partial charge in [-0.15, -0.1) is 15.3 Å². The molecule has 7 heteroatoms. The van der Waals surface area contributed by atoms with E-state index < -0.39 is 0 Å². The zero-order chi connectivity index (χ0) is 16.1. The Balaban J connectivity index is 0.000000267. The Hall–Kier alpha value is -2.67. The Bertz CT molecular complexity index is 758. The molecule has 3 aromatic rings. The van der Waals surface area contributed by atoms with Crippen LogP contribution in [0.2, 0.25) is 0 Å². The summed E-state index contributed by atoms with van der Waals surface area (Å²) in [6.45, 7) is 2.00. The van der Waals surface area contributed by atoms with Crippen molar-refractivity contribution in [1.82, 2.24) is 19.8 Å². The Labute approximate surface area is 133 Å². The number of phenolic OH excluding ortho intramolecular Hbond substituents is 1. The van der Waals surface area contributed by atoms with Crippen LogP contribution in [0.25, 0.3) is 5.65 Å². The van der Waals surface area contributed by atoms with Crippen molar-refractivity contribution in [1.29, 1.82) is 0 Å². The van der Waals surface area contributed by atoms with E-state index in [1.54, 1.807) is 28.8 Å². The van der Waals surface area contributed by atoms with E-state index in [9.17, 15) is 5.11 Å². The molecule has 0 bridgehead atoms. The van der Waals surface area contributed by atoms with Crippen LogP contribution in [0.3, 0.4) is 0 Å². The Morgan fingerprint density at radius 3 is 2.43 bits per heavy atom. The number of fused-ring (bicyclic) bond motifs is 1. The lowest BCUT2D eigenvalue weighted by Crippen LogP contribution is -2.02. The second-order valence-electron chi connectivity index (χ2n) is 5.31. The van der Waals surface area contributed by atoms with Crippen LogP contribution in [-0.4, -0.2) is 38.1 Å². The summed E-state index contributed by atoms with van der Waals surface area (Å²) in [5.74, 6) is 1.38. The molecule has 1 aromatic carbocycles. The Morgan fingerprint density at radius 1 is 1.04 bits per heavy atom. The number of aromatic nitrogens is 4. The maximum absolute atomic E-state index is 9.23. The average Bonchev–Trinajstić information content (AvgIpc) is 3.23. The van der Waals surface area contributed by atoms with Gasteiger partial charge in [-0.05, 0) is 42.7 Å². The third-order valence-corrected chi connectivity index (χ3v) is 3.47. The second-order valence-corrected chi connectivity index (χ2v) is 5.31. The Morgan fingerprint density at radius 2 is 1.78 bits per heavy atom. The minimum atomic E-state index is 0.243. The molecule has 0 unspecified atom stereocenters. The number of hydrogen-bond acceptors (Lipinski definition) is 6. The highest BCUT2D eigenvalue weighted by Gasteiger charge is 2.07. The zero-order valence-corrected chi connectivity index (χ0v) is 12.7. The smallest absolute Gasteiger partial charge is 0.178 e. The predicted octanol–water partition coefficient (Wildman–Crippen LogP) is 1.80. The van der Waals surface area contributed by atoms with Crippen molar-refractivity contribution in [2.45, 2.75) is 19.3 Å². The Kier molecular flexibility index (Phi) is 4.68. The van der Waals surface area contributed by atoms with Crippen molar-refractivity contribution in [3.05, 3.63) is 47.8 Å². The van der Waals surface area contributed by atoms with Gasteiger partial charge in [0.15, 0.2) is 11.5 Å². The first-order valence-electron chi connectivity index (χ1n) is 7.55. The van der Waals surface area contributed by atoms with Crippen molar-refractivity contribution in [2.75, 3.05) is 18.9 Å². The van der Waals surface area contributed by atoms with E-state index >= 15 is 0 Å². The minimum absolute atomic E-state index is 0.243. The average molecular weight is 313 g/mol. The van der Waals surface area contributed by atoms with Crippen LogP contribution < -0.4 is 5.73 Å². The van der Waals surface area contributed by atoms with Gasteiger partial charge in [-0.25, -0.2) is 0 Å². The molecule has 1 fully saturated rings.